The van der Waals surface area contributed by atoms with Crippen LogP contribution in [0.2, 0.25) is 0 Å². The number of aliphatic hydroxyl groups excluding tert-OH is 3. The lowest BCUT2D eigenvalue weighted by molar-refractivity contribution is -0.124. The maximum atomic E-state index is 12.5. The first-order valence-corrected chi connectivity index (χ1v) is 25.6. The lowest BCUT2D eigenvalue weighted by Crippen LogP contribution is -2.45. The SMILES string of the molecule is CCCCCCCCCCCCCC/C=C\CCCCCCCCCCCC(O)CC(=O)NC(CO)C(O)/C=C/CCCCCCCCCCCCCCCCC. The highest BCUT2D eigenvalue weighted by molar-refractivity contribution is 5.76. The number of rotatable bonds is 47. The number of nitrogens with one attached hydrogen (secondary N) is 1. The summed E-state index contributed by atoms with van der Waals surface area (Å²) in [5.74, 6) is -0.313. The standard InChI is InChI=1S/C52H101NO4/c1-3-5-7-9-11-13-15-17-19-21-22-23-24-25-26-27-28-30-31-33-35-37-39-41-43-45-49(55)47-52(57)53-50(48-54)51(56)46-44-42-40-38-36-34-32-29-20-18-16-14-12-10-8-6-4-2/h25-26,44,46,49-51,54-56H,3-24,27-43,45,47-48H2,1-2H3,(H,53,57)/b26-25-,46-44+. The van der Waals surface area contributed by atoms with Gasteiger partial charge in [-0.2, -0.15) is 0 Å². The van der Waals surface area contributed by atoms with E-state index in [0.29, 0.717) is 6.42 Å². The Labute approximate surface area is 356 Å². The molecule has 0 aliphatic carbocycles. The predicted molar refractivity (Wildman–Crippen MR) is 250 cm³/mol. The van der Waals surface area contributed by atoms with Gasteiger partial charge in [0.25, 0.3) is 0 Å². The number of carbonyl (C=O) groups excluding carboxylic acids is 1. The van der Waals surface area contributed by atoms with Crippen LogP contribution in [0.1, 0.15) is 277 Å². The van der Waals surface area contributed by atoms with Crippen molar-refractivity contribution in [3.8, 4) is 0 Å². The van der Waals surface area contributed by atoms with Crippen LogP contribution in [0.15, 0.2) is 24.3 Å². The molecule has 0 heterocycles. The second-order valence-electron chi connectivity index (χ2n) is 17.8. The second kappa shape index (κ2) is 47.5. The summed E-state index contributed by atoms with van der Waals surface area (Å²) in [4.78, 5) is 12.5. The third-order valence-corrected chi connectivity index (χ3v) is 12.0. The van der Waals surface area contributed by atoms with E-state index in [0.717, 1.165) is 25.7 Å². The molecule has 0 aliphatic heterocycles. The predicted octanol–water partition coefficient (Wildman–Crippen LogP) is 15.3. The third-order valence-electron chi connectivity index (χ3n) is 12.0. The Hall–Kier alpha value is -1.17. The topological polar surface area (TPSA) is 89.8 Å². The van der Waals surface area contributed by atoms with Gasteiger partial charge >= 0.3 is 0 Å². The lowest BCUT2D eigenvalue weighted by Gasteiger charge is -2.21. The molecule has 0 fully saturated rings. The Kier molecular flexibility index (Phi) is 46.5. The molecule has 5 nitrogen and oxygen atoms in total. The third kappa shape index (κ3) is 44.2. The molecule has 3 atom stereocenters. The molecule has 0 radical (unpaired) electrons. The molecule has 0 saturated carbocycles. The maximum absolute atomic E-state index is 12.5. The van der Waals surface area contributed by atoms with Gasteiger partial charge < -0.3 is 20.6 Å². The van der Waals surface area contributed by atoms with Crippen molar-refractivity contribution >= 4 is 5.91 Å². The first-order valence-electron chi connectivity index (χ1n) is 25.6. The van der Waals surface area contributed by atoms with Crippen LogP contribution in [0.3, 0.4) is 0 Å². The van der Waals surface area contributed by atoms with E-state index in [1.165, 1.54) is 225 Å². The van der Waals surface area contributed by atoms with E-state index in [9.17, 15) is 20.1 Å². The van der Waals surface area contributed by atoms with Crippen LogP contribution in [0.5, 0.6) is 0 Å². The Balaban J connectivity index is 3.58. The molecule has 4 N–H and O–H groups in total. The molecule has 0 aliphatic rings. The summed E-state index contributed by atoms with van der Waals surface area (Å²) in [6.07, 6.45) is 59.1. The van der Waals surface area contributed by atoms with Crippen molar-refractivity contribution in [1.82, 2.24) is 5.32 Å². The van der Waals surface area contributed by atoms with Crippen LogP contribution >= 0.6 is 0 Å². The van der Waals surface area contributed by atoms with Crippen LogP contribution in [0.25, 0.3) is 0 Å². The molecule has 0 spiro atoms. The van der Waals surface area contributed by atoms with Crippen LogP contribution in [0, 0.1) is 0 Å². The highest BCUT2D eigenvalue weighted by Crippen LogP contribution is 2.16. The minimum absolute atomic E-state index is 0.0145. The van der Waals surface area contributed by atoms with Crippen molar-refractivity contribution in [3.05, 3.63) is 24.3 Å². The first kappa shape index (κ1) is 55.8. The summed E-state index contributed by atoms with van der Waals surface area (Å²) in [5, 5.41) is 33.4. The molecule has 57 heavy (non-hydrogen) atoms. The molecule has 0 saturated heterocycles. The fourth-order valence-corrected chi connectivity index (χ4v) is 8.04. The number of allylic oxidation sites excluding steroid dienone is 3. The zero-order valence-corrected chi connectivity index (χ0v) is 38.5. The van der Waals surface area contributed by atoms with E-state index in [1.807, 2.05) is 6.08 Å². The van der Waals surface area contributed by atoms with Gasteiger partial charge in [-0.05, 0) is 44.9 Å². The average Bonchev–Trinajstić information content (AvgIpc) is 3.20. The van der Waals surface area contributed by atoms with Crippen molar-refractivity contribution in [3.63, 3.8) is 0 Å². The maximum Gasteiger partial charge on any atom is 0.222 e. The summed E-state index contributed by atoms with van der Waals surface area (Å²) in [6, 6.07) is -0.743. The molecular formula is C52H101NO4. The fourth-order valence-electron chi connectivity index (χ4n) is 8.04. The molecule has 1 amide bonds. The molecule has 0 aromatic carbocycles. The van der Waals surface area contributed by atoms with Gasteiger partial charge in [0.2, 0.25) is 5.91 Å². The largest absolute Gasteiger partial charge is 0.394 e. The molecule has 0 aromatic rings. The van der Waals surface area contributed by atoms with Gasteiger partial charge in [0.15, 0.2) is 0 Å². The zero-order chi connectivity index (χ0) is 41.5. The van der Waals surface area contributed by atoms with Gasteiger partial charge in [0.05, 0.1) is 31.3 Å². The molecular weight excluding hydrogens is 703 g/mol. The van der Waals surface area contributed by atoms with E-state index < -0.39 is 18.2 Å². The number of hydrogen-bond donors (Lipinski definition) is 4. The van der Waals surface area contributed by atoms with Crippen LogP contribution in [-0.4, -0.2) is 46.1 Å². The zero-order valence-electron chi connectivity index (χ0n) is 38.5. The normalized spacial score (nSPS) is 13.6. The van der Waals surface area contributed by atoms with Crippen molar-refractivity contribution in [2.24, 2.45) is 0 Å². The van der Waals surface area contributed by atoms with Crippen molar-refractivity contribution in [2.75, 3.05) is 6.61 Å². The van der Waals surface area contributed by atoms with Gasteiger partial charge in [-0.15, -0.1) is 0 Å². The highest BCUT2D eigenvalue weighted by Gasteiger charge is 2.20. The Morgan fingerprint density at radius 1 is 0.439 bits per heavy atom. The number of hydrogen-bond acceptors (Lipinski definition) is 4. The van der Waals surface area contributed by atoms with E-state index >= 15 is 0 Å². The van der Waals surface area contributed by atoms with E-state index in [4.69, 9.17) is 0 Å². The lowest BCUT2D eigenvalue weighted by atomic mass is 10.0. The molecule has 338 valence electrons. The Morgan fingerprint density at radius 2 is 0.737 bits per heavy atom. The summed E-state index contributed by atoms with van der Waals surface area (Å²) in [7, 11) is 0. The van der Waals surface area contributed by atoms with Crippen molar-refractivity contribution < 1.29 is 20.1 Å². The quantitative estimate of drug-likeness (QED) is 0.0364. The molecule has 3 unspecified atom stereocenters. The number of carbonyl (C=O) groups is 1. The molecule has 5 heteroatoms. The molecule has 0 bridgehead atoms. The van der Waals surface area contributed by atoms with Crippen LogP contribution < -0.4 is 5.32 Å². The van der Waals surface area contributed by atoms with Gasteiger partial charge in [-0.25, -0.2) is 0 Å². The van der Waals surface area contributed by atoms with E-state index in [-0.39, 0.29) is 18.9 Å². The van der Waals surface area contributed by atoms with E-state index in [2.05, 4.69) is 31.3 Å². The first-order chi connectivity index (χ1) is 28.0. The number of aliphatic hydroxyl groups is 3. The summed E-state index contributed by atoms with van der Waals surface area (Å²) in [6.45, 7) is 4.24. The van der Waals surface area contributed by atoms with Crippen molar-refractivity contribution in [1.29, 1.82) is 0 Å². The molecule has 0 aromatic heterocycles. The number of unbranched alkanes of at least 4 members (excludes halogenated alkanes) is 36. The fraction of sp³-hybridized carbons (Fsp3) is 0.904. The van der Waals surface area contributed by atoms with Gasteiger partial charge in [-0.3, -0.25) is 4.79 Å². The Morgan fingerprint density at radius 3 is 1.07 bits per heavy atom. The van der Waals surface area contributed by atoms with Crippen molar-refractivity contribution in [2.45, 2.75) is 295 Å². The minimum Gasteiger partial charge on any atom is -0.394 e. The van der Waals surface area contributed by atoms with Crippen LogP contribution in [-0.2, 0) is 4.79 Å². The van der Waals surface area contributed by atoms with E-state index in [1.54, 1.807) is 6.08 Å². The summed E-state index contributed by atoms with van der Waals surface area (Å²) in [5.41, 5.74) is 0. The second-order valence-corrected chi connectivity index (χ2v) is 17.8. The van der Waals surface area contributed by atoms with Crippen LogP contribution in [0.4, 0.5) is 0 Å². The monoisotopic (exact) mass is 804 g/mol. The number of amides is 1. The van der Waals surface area contributed by atoms with Gasteiger partial charge in [0.1, 0.15) is 0 Å². The summed E-state index contributed by atoms with van der Waals surface area (Å²) < 4.78 is 0. The van der Waals surface area contributed by atoms with Gasteiger partial charge in [0, 0.05) is 0 Å². The van der Waals surface area contributed by atoms with Gasteiger partial charge in [-0.1, -0.05) is 250 Å². The molecule has 0 rings (SSSR count). The minimum atomic E-state index is -0.928. The Bertz CT molecular complexity index is 844. The summed E-state index contributed by atoms with van der Waals surface area (Å²) >= 11 is 0. The average molecular weight is 804 g/mol. The smallest absolute Gasteiger partial charge is 0.222 e. The highest BCUT2D eigenvalue weighted by atomic mass is 16.3.